The van der Waals surface area contributed by atoms with Gasteiger partial charge in [0.05, 0.1) is 5.92 Å². The molecule has 0 aliphatic carbocycles. The van der Waals surface area contributed by atoms with Crippen LogP contribution in [0.4, 0.5) is 0 Å². The minimum Gasteiger partial charge on any atom is -0.481 e. The van der Waals surface area contributed by atoms with Crippen LogP contribution in [0.15, 0.2) is 0 Å². The van der Waals surface area contributed by atoms with E-state index < -0.39 is 11.9 Å². The zero-order valence-electron chi connectivity index (χ0n) is 11.4. The lowest BCUT2D eigenvalue weighted by molar-refractivity contribution is -0.144. The maximum atomic E-state index is 11.6. The molecule has 0 saturated carbocycles. The molecule has 0 spiro atoms. The van der Waals surface area contributed by atoms with Gasteiger partial charge in [-0.2, -0.15) is 0 Å². The molecule has 6 nitrogen and oxygen atoms in total. The van der Waals surface area contributed by atoms with Crippen LogP contribution >= 0.6 is 0 Å². The van der Waals surface area contributed by atoms with E-state index in [1.807, 2.05) is 0 Å². The van der Waals surface area contributed by atoms with Crippen molar-refractivity contribution >= 4 is 23.4 Å². The van der Waals surface area contributed by atoms with Crippen molar-refractivity contribution in [2.45, 2.75) is 46.0 Å². The number of carboxylic acid groups (broad SMARTS) is 1. The van der Waals surface area contributed by atoms with Gasteiger partial charge >= 0.3 is 5.97 Å². The summed E-state index contributed by atoms with van der Waals surface area (Å²) in [5.41, 5.74) is 0. The monoisotopic (exact) mass is 271 g/mol. The van der Waals surface area contributed by atoms with E-state index in [2.05, 4.69) is 5.32 Å². The summed E-state index contributed by atoms with van der Waals surface area (Å²) in [7, 11) is 0. The normalized spacial score (nSPS) is 11.7. The number of hydrogen-bond donors (Lipinski definition) is 2. The number of nitrogens with one attached hydrogen (secondary N) is 1. The highest BCUT2D eigenvalue weighted by Gasteiger charge is 2.21. The van der Waals surface area contributed by atoms with Crippen LogP contribution in [-0.4, -0.2) is 35.1 Å². The summed E-state index contributed by atoms with van der Waals surface area (Å²) in [6, 6.07) is 0. The van der Waals surface area contributed by atoms with Gasteiger partial charge in [0.2, 0.25) is 5.91 Å². The molecule has 0 saturated heterocycles. The van der Waals surface area contributed by atoms with Gasteiger partial charge in [0, 0.05) is 32.2 Å². The summed E-state index contributed by atoms with van der Waals surface area (Å²) in [6.45, 7) is 3.67. The van der Waals surface area contributed by atoms with Crippen molar-refractivity contribution in [3.8, 4) is 0 Å². The molecule has 0 aromatic heterocycles. The van der Waals surface area contributed by atoms with Crippen LogP contribution in [0.5, 0.6) is 0 Å². The molecule has 1 amide bonds. The lowest BCUT2D eigenvalue weighted by atomic mass is 9.94. The molecule has 2 N–H and O–H groups in total. The van der Waals surface area contributed by atoms with E-state index in [0.29, 0.717) is 6.54 Å². The molecule has 0 aromatic carbocycles. The molecule has 0 aromatic rings. The van der Waals surface area contributed by atoms with Crippen molar-refractivity contribution in [1.29, 1.82) is 0 Å². The Kier molecular flexibility index (Phi) is 8.41. The molecule has 0 aliphatic rings. The Morgan fingerprint density at radius 3 is 2.21 bits per heavy atom. The maximum absolute atomic E-state index is 11.6. The fraction of sp³-hybridized carbons (Fsp3) is 0.692. The number of rotatable bonds is 10. The van der Waals surface area contributed by atoms with Crippen LogP contribution in [0.3, 0.4) is 0 Å². The van der Waals surface area contributed by atoms with E-state index in [-0.39, 0.29) is 49.6 Å². The summed E-state index contributed by atoms with van der Waals surface area (Å²) >= 11 is 0. The summed E-state index contributed by atoms with van der Waals surface area (Å²) in [6.07, 6.45) is 0.307. The molecular formula is C13H21NO5. The van der Waals surface area contributed by atoms with E-state index in [1.54, 1.807) is 6.92 Å². The summed E-state index contributed by atoms with van der Waals surface area (Å²) < 4.78 is 0. The summed E-state index contributed by atoms with van der Waals surface area (Å²) in [5.74, 6) is -2.49. The molecule has 19 heavy (non-hydrogen) atoms. The third kappa shape index (κ3) is 8.93. The smallest absolute Gasteiger partial charge is 0.306 e. The van der Waals surface area contributed by atoms with Crippen LogP contribution in [0.1, 0.15) is 46.0 Å². The van der Waals surface area contributed by atoms with Crippen molar-refractivity contribution in [2.75, 3.05) is 6.54 Å². The highest BCUT2D eigenvalue weighted by Crippen LogP contribution is 2.14. The Morgan fingerprint density at radius 2 is 1.74 bits per heavy atom. The van der Waals surface area contributed by atoms with Gasteiger partial charge in [0.15, 0.2) is 0 Å². The lowest BCUT2D eigenvalue weighted by Gasteiger charge is -2.10. The van der Waals surface area contributed by atoms with Crippen molar-refractivity contribution in [2.24, 2.45) is 5.92 Å². The van der Waals surface area contributed by atoms with E-state index in [4.69, 9.17) is 5.11 Å². The molecule has 0 radical (unpaired) electrons. The van der Waals surface area contributed by atoms with Crippen molar-refractivity contribution < 1.29 is 24.3 Å². The standard InChI is InChI=1S/C13H21NO5/c1-3-14-12(17)7-6-11(16)8-10(13(18)19)5-4-9(2)15/h10H,3-8H2,1-2H3,(H,14,17)(H,18,19)/t10-/m1/s1. The first-order valence-electron chi connectivity index (χ1n) is 6.37. The largest absolute Gasteiger partial charge is 0.481 e. The summed E-state index contributed by atoms with van der Waals surface area (Å²) in [5, 5.41) is 11.5. The van der Waals surface area contributed by atoms with Gasteiger partial charge in [0.1, 0.15) is 11.6 Å². The van der Waals surface area contributed by atoms with Crippen molar-refractivity contribution in [3.05, 3.63) is 0 Å². The number of carbonyl (C=O) groups is 4. The van der Waals surface area contributed by atoms with Gasteiger partial charge < -0.3 is 15.2 Å². The Hall–Kier alpha value is -1.72. The zero-order chi connectivity index (χ0) is 14.8. The SMILES string of the molecule is CCNC(=O)CCC(=O)C[C@@H](CCC(C)=O)C(=O)O. The van der Waals surface area contributed by atoms with E-state index >= 15 is 0 Å². The third-order valence-electron chi connectivity index (χ3n) is 2.67. The van der Waals surface area contributed by atoms with Crippen LogP contribution < -0.4 is 5.32 Å². The highest BCUT2D eigenvalue weighted by atomic mass is 16.4. The molecule has 0 aliphatic heterocycles. The first-order valence-corrected chi connectivity index (χ1v) is 6.37. The number of hydrogen-bond acceptors (Lipinski definition) is 4. The number of Topliss-reactive ketones (excluding diaryl/α,β-unsaturated/α-hetero) is 2. The minimum absolute atomic E-state index is 0.0374. The first kappa shape index (κ1) is 17.3. The molecule has 0 bridgehead atoms. The molecule has 0 rings (SSSR count). The molecule has 108 valence electrons. The summed E-state index contributed by atoms with van der Waals surface area (Å²) in [4.78, 5) is 44.5. The fourth-order valence-electron chi connectivity index (χ4n) is 1.61. The number of carbonyl (C=O) groups excluding carboxylic acids is 3. The number of amides is 1. The number of aliphatic carboxylic acids is 1. The first-order chi connectivity index (χ1) is 8.86. The van der Waals surface area contributed by atoms with Crippen molar-refractivity contribution in [1.82, 2.24) is 5.32 Å². The average Bonchev–Trinajstić information content (AvgIpc) is 2.31. The van der Waals surface area contributed by atoms with Gasteiger partial charge in [-0.3, -0.25) is 14.4 Å². The van der Waals surface area contributed by atoms with Crippen LogP contribution in [0.25, 0.3) is 0 Å². The second-order valence-electron chi connectivity index (χ2n) is 4.47. The van der Waals surface area contributed by atoms with Crippen LogP contribution in [-0.2, 0) is 19.2 Å². The third-order valence-corrected chi connectivity index (χ3v) is 2.67. The fourth-order valence-corrected chi connectivity index (χ4v) is 1.61. The Bertz CT molecular complexity index is 351. The van der Waals surface area contributed by atoms with E-state index in [0.717, 1.165) is 0 Å². The second-order valence-corrected chi connectivity index (χ2v) is 4.47. The van der Waals surface area contributed by atoms with Gasteiger partial charge in [-0.05, 0) is 20.3 Å². The quantitative estimate of drug-likeness (QED) is 0.615. The molecule has 1 atom stereocenters. The topological polar surface area (TPSA) is 101 Å². The van der Waals surface area contributed by atoms with Crippen LogP contribution in [0, 0.1) is 5.92 Å². The van der Waals surface area contributed by atoms with E-state index in [1.165, 1.54) is 6.92 Å². The zero-order valence-corrected chi connectivity index (χ0v) is 11.4. The molecule has 0 unspecified atom stereocenters. The number of carboxylic acids is 1. The highest BCUT2D eigenvalue weighted by molar-refractivity contribution is 5.87. The Morgan fingerprint density at radius 1 is 1.11 bits per heavy atom. The van der Waals surface area contributed by atoms with Crippen molar-refractivity contribution in [3.63, 3.8) is 0 Å². The molecule has 0 heterocycles. The van der Waals surface area contributed by atoms with Gasteiger partial charge in [-0.1, -0.05) is 0 Å². The predicted octanol–water partition coefficient (Wildman–Crippen LogP) is 0.932. The van der Waals surface area contributed by atoms with Gasteiger partial charge in [0.25, 0.3) is 0 Å². The van der Waals surface area contributed by atoms with Crippen LogP contribution in [0.2, 0.25) is 0 Å². The second kappa shape index (κ2) is 9.24. The van der Waals surface area contributed by atoms with Gasteiger partial charge in [-0.25, -0.2) is 0 Å². The number of ketones is 2. The van der Waals surface area contributed by atoms with Gasteiger partial charge in [-0.15, -0.1) is 0 Å². The molecule has 6 heteroatoms. The molecular weight excluding hydrogens is 250 g/mol. The average molecular weight is 271 g/mol. The Labute approximate surface area is 112 Å². The minimum atomic E-state index is -1.08. The predicted molar refractivity (Wildman–Crippen MR) is 68.6 cm³/mol. The molecule has 0 fully saturated rings. The van der Waals surface area contributed by atoms with E-state index in [9.17, 15) is 19.2 Å². The maximum Gasteiger partial charge on any atom is 0.306 e. The lowest BCUT2D eigenvalue weighted by Crippen LogP contribution is -2.24. The Balaban J connectivity index is 4.13.